The van der Waals surface area contributed by atoms with Gasteiger partial charge in [-0.3, -0.25) is 0 Å². The van der Waals surface area contributed by atoms with Gasteiger partial charge in [-0.05, 0) is 18.5 Å². The summed E-state index contributed by atoms with van der Waals surface area (Å²) in [6, 6.07) is 4.13. The second kappa shape index (κ2) is 5.09. The molecule has 1 N–H and O–H groups in total. The Labute approximate surface area is 126 Å². The quantitative estimate of drug-likeness (QED) is 0.782. The largest absolute Gasteiger partial charge is 0.352 e. The van der Waals surface area contributed by atoms with Gasteiger partial charge in [0.2, 0.25) is 0 Å². The van der Waals surface area contributed by atoms with E-state index in [9.17, 15) is 0 Å². The van der Waals surface area contributed by atoms with Crippen LogP contribution < -0.4 is 4.90 Å². The van der Waals surface area contributed by atoms with Gasteiger partial charge in [0.1, 0.15) is 5.52 Å². The normalized spacial score (nSPS) is 16.7. The Hall–Kier alpha value is -1.99. The maximum absolute atomic E-state index is 4.68. The number of aromatic nitrogens is 4. The highest BCUT2D eigenvalue weighted by atomic mass is 32.1. The van der Waals surface area contributed by atoms with Crippen molar-refractivity contribution in [1.82, 2.24) is 25.3 Å². The highest BCUT2D eigenvalue weighted by Gasteiger charge is 2.21. The molecule has 1 aliphatic heterocycles. The molecule has 0 aliphatic carbocycles. The lowest BCUT2D eigenvalue weighted by Gasteiger charge is -2.33. The number of pyridine rings is 1. The minimum atomic E-state index is 0.866. The number of fused-ring (bicyclic) bond motifs is 1. The predicted molar refractivity (Wildman–Crippen MR) is 84.7 cm³/mol. The fraction of sp³-hybridized carbons (Fsp3) is 0.357. The van der Waals surface area contributed by atoms with E-state index in [1.807, 2.05) is 12.3 Å². The van der Waals surface area contributed by atoms with E-state index in [4.69, 9.17) is 0 Å². The van der Waals surface area contributed by atoms with Crippen LogP contribution in [0.25, 0.3) is 21.5 Å². The number of piperazine rings is 1. The summed E-state index contributed by atoms with van der Waals surface area (Å²) in [6.07, 6.45) is 1.92. The van der Waals surface area contributed by atoms with Crippen LogP contribution in [0.4, 0.5) is 5.82 Å². The van der Waals surface area contributed by atoms with Crippen molar-refractivity contribution in [3.05, 3.63) is 23.7 Å². The van der Waals surface area contributed by atoms with E-state index in [0.717, 1.165) is 48.6 Å². The van der Waals surface area contributed by atoms with E-state index in [1.54, 1.807) is 11.3 Å². The average Bonchev–Trinajstić information content (AvgIpc) is 3.19. The fourth-order valence-electron chi connectivity index (χ4n) is 2.68. The predicted octanol–water partition coefficient (Wildman–Crippen LogP) is 1.83. The molecule has 0 bridgehead atoms. The summed E-state index contributed by atoms with van der Waals surface area (Å²) >= 11 is 1.69. The summed E-state index contributed by atoms with van der Waals surface area (Å²) in [5, 5.41) is 13.5. The van der Waals surface area contributed by atoms with E-state index in [2.05, 4.69) is 48.7 Å². The molecule has 1 saturated heterocycles. The molecule has 4 rings (SSSR count). The van der Waals surface area contributed by atoms with Crippen molar-refractivity contribution in [1.29, 1.82) is 0 Å². The molecule has 4 heterocycles. The minimum Gasteiger partial charge on any atom is -0.352 e. The highest BCUT2D eigenvalue weighted by Crippen LogP contribution is 2.32. The third-order valence-corrected chi connectivity index (χ3v) is 4.82. The van der Waals surface area contributed by atoms with Gasteiger partial charge in [0, 0.05) is 42.8 Å². The Morgan fingerprint density at radius 2 is 1.95 bits per heavy atom. The number of nitrogens with zero attached hydrogens (tertiary/aromatic N) is 5. The van der Waals surface area contributed by atoms with E-state index in [1.165, 1.54) is 4.88 Å². The Bertz CT molecular complexity index is 742. The molecule has 7 heteroatoms. The zero-order valence-electron chi connectivity index (χ0n) is 11.8. The molecule has 3 aromatic heterocycles. The first kappa shape index (κ1) is 12.7. The monoisotopic (exact) mass is 300 g/mol. The van der Waals surface area contributed by atoms with Gasteiger partial charge in [0.05, 0.1) is 0 Å². The molecule has 21 heavy (non-hydrogen) atoms. The maximum atomic E-state index is 4.68. The number of nitrogens with one attached hydrogen (secondary N) is 1. The van der Waals surface area contributed by atoms with Gasteiger partial charge in [0.15, 0.2) is 11.3 Å². The van der Waals surface area contributed by atoms with Crippen LogP contribution in [0.15, 0.2) is 23.7 Å². The smallest absolute Gasteiger partial charge is 0.158 e. The van der Waals surface area contributed by atoms with Crippen LogP contribution >= 0.6 is 11.3 Å². The molecule has 0 atom stereocenters. The van der Waals surface area contributed by atoms with Crippen LogP contribution in [0.5, 0.6) is 0 Å². The molecule has 1 aliphatic rings. The molecule has 0 aromatic carbocycles. The van der Waals surface area contributed by atoms with Crippen LogP contribution in [0.1, 0.15) is 0 Å². The Morgan fingerprint density at radius 1 is 1.14 bits per heavy atom. The Balaban J connectivity index is 1.78. The van der Waals surface area contributed by atoms with E-state index in [-0.39, 0.29) is 0 Å². The average molecular weight is 300 g/mol. The third kappa shape index (κ3) is 2.18. The number of hydrogen-bond acceptors (Lipinski definition) is 6. The molecular weight excluding hydrogens is 284 g/mol. The summed E-state index contributed by atoms with van der Waals surface area (Å²) in [7, 11) is 2.15. The molecule has 0 unspecified atom stereocenters. The van der Waals surface area contributed by atoms with Crippen LogP contribution in [0.3, 0.4) is 0 Å². The molecule has 0 saturated carbocycles. The molecule has 1 fully saturated rings. The molecule has 0 amide bonds. The first-order chi connectivity index (χ1) is 10.3. The second-order valence-corrected chi connectivity index (χ2v) is 6.23. The number of anilines is 1. The van der Waals surface area contributed by atoms with Crippen molar-refractivity contribution < 1.29 is 0 Å². The van der Waals surface area contributed by atoms with E-state index >= 15 is 0 Å². The number of likely N-dealkylation sites (N-methyl/N-ethyl adjacent to an activating group) is 1. The second-order valence-electron chi connectivity index (χ2n) is 5.28. The third-order valence-electron chi connectivity index (χ3n) is 3.92. The molecule has 6 nitrogen and oxygen atoms in total. The van der Waals surface area contributed by atoms with Gasteiger partial charge in [-0.2, -0.15) is 15.4 Å². The standard InChI is InChI=1S/C14H16N6S/c1-19-4-6-20(7-5-19)14-13-12(16-18-17-13)10(9-15-14)11-3-2-8-21-11/h2-3,8-9H,4-7H2,1H3,(H,16,17,18). The lowest BCUT2D eigenvalue weighted by molar-refractivity contribution is 0.312. The number of rotatable bonds is 2. The first-order valence-electron chi connectivity index (χ1n) is 7.00. The van der Waals surface area contributed by atoms with Gasteiger partial charge < -0.3 is 9.80 Å². The van der Waals surface area contributed by atoms with E-state index in [0.29, 0.717) is 0 Å². The van der Waals surface area contributed by atoms with Crippen LogP contribution in [-0.4, -0.2) is 58.5 Å². The van der Waals surface area contributed by atoms with Crippen molar-refractivity contribution >= 4 is 28.2 Å². The Morgan fingerprint density at radius 3 is 2.71 bits per heavy atom. The van der Waals surface area contributed by atoms with Gasteiger partial charge in [-0.1, -0.05) is 6.07 Å². The van der Waals surface area contributed by atoms with Crippen molar-refractivity contribution in [2.45, 2.75) is 0 Å². The number of thiophene rings is 1. The Kier molecular flexibility index (Phi) is 3.08. The molecule has 0 spiro atoms. The number of H-pyrrole nitrogens is 1. The molecular formula is C14H16N6S. The number of aromatic amines is 1. The summed E-state index contributed by atoms with van der Waals surface area (Å²) in [5.74, 6) is 0.937. The van der Waals surface area contributed by atoms with Crippen molar-refractivity contribution in [3.8, 4) is 10.4 Å². The lowest BCUT2D eigenvalue weighted by Crippen LogP contribution is -2.44. The number of hydrogen-bond donors (Lipinski definition) is 1. The summed E-state index contributed by atoms with van der Waals surface area (Å²) in [4.78, 5) is 10.5. The fourth-order valence-corrected chi connectivity index (χ4v) is 3.42. The SMILES string of the molecule is CN1CCN(c2ncc(-c3cccs3)c3n[nH]nc23)CC1. The molecule has 3 aromatic rings. The molecule has 108 valence electrons. The van der Waals surface area contributed by atoms with Crippen LogP contribution in [0, 0.1) is 0 Å². The summed E-state index contributed by atoms with van der Waals surface area (Å²) < 4.78 is 0. The lowest BCUT2D eigenvalue weighted by atomic mass is 10.2. The van der Waals surface area contributed by atoms with Crippen molar-refractivity contribution in [2.75, 3.05) is 38.1 Å². The maximum Gasteiger partial charge on any atom is 0.158 e. The first-order valence-corrected chi connectivity index (χ1v) is 7.88. The van der Waals surface area contributed by atoms with Crippen molar-refractivity contribution in [3.63, 3.8) is 0 Å². The topological polar surface area (TPSA) is 60.9 Å². The zero-order valence-corrected chi connectivity index (χ0v) is 12.6. The highest BCUT2D eigenvalue weighted by molar-refractivity contribution is 7.13. The van der Waals surface area contributed by atoms with Gasteiger partial charge in [-0.25, -0.2) is 4.98 Å². The minimum absolute atomic E-state index is 0.866. The van der Waals surface area contributed by atoms with E-state index < -0.39 is 0 Å². The summed E-state index contributed by atoms with van der Waals surface area (Å²) in [5.41, 5.74) is 2.82. The van der Waals surface area contributed by atoms with Gasteiger partial charge in [-0.15, -0.1) is 11.3 Å². The van der Waals surface area contributed by atoms with Crippen molar-refractivity contribution in [2.24, 2.45) is 0 Å². The van der Waals surface area contributed by atoms with Gasteiger partial charge >= 0.3 is 0 Å². The van der Waals surface area contributed by atoms with Gasteiger partial charge in [0.25, 0.3) is 0 Å². The molecule has 0 radical (unpaired) electrons. The van der Waals surface area contributed by atoms with Crippen LogP contribution in [-0.2, 0) is 0 Å². The van der Waals surface area contributed by atoms with Crippen LogP contribution in [0.2, 0.25) is 0 Å². The zero-order chi connectivity index (χ0) is 14.2. The summed E-state index contributed by atoms with van der Waals surface area (Å²) in [6.45, 7) is 4.05.